The van der Waals surface area contributed by atoms with E-state index in [9.17, 15) is 14.7 Å². The van der Waals surface area contributed by atoms with Crippen molar-refractivity contribution in [2.75, 3.05) is 18.6 Å². The summed E-state index contributed by atoms with van der Waals surface area (Å²) in [5, 5.41) is 12.2. The summed E-state index contributed by atoms with van der Waals surface area (Å²) in [5.74, 6) is 0.0939. The number of aliphatic carboxylic acids is 1. The molecule has 6 nitrogen and oxygen atoms in total. The van der Waals surface area contributed by atoms with Crippen molar-refractivity contribution in [1.82, 2.24) is 5.32 Å². The number of carboxylic acids is 1. The fraction of sp³-hybridized carbons (Fsp3) is 0.308. The molecule has 1 heterocycles. The van der Waals surface area contributed by atoms with Crippen molar-refractivity contribution in [2.45, 2.75) is 32.4 Å². The SMILES string of the molecule is CSCCC(NC(=O)c1ccc(COCCc2ccco2)cc1-c1ccccc1C)C(=O)O.[Li+]. The molecule has 1 amide bonds. The van der Waals surface area contributed by atoms with Crippen LogP contribution in [0.2, 0.25) is 0 Å². The largest absolute Gasteiger partial charge is 1.00 e. The Kier molecular flexibility index (Phi) is 11.5. The number of hydrogen-bond donors (Lipinski definition) is 2. The van der Waals surface area contributed by atoms with Gasteiger partial charge in [0.2, 0.25) is 0 Å². The van der Waals surface area contributed by atoms with Gasteiger partial charge in [0.1, 0.15) is 11.8 Å². The Labute approximate surface area is 216 Å². The number of carbonyl (C=O) groups excluding carboxylic acids is 1. The minimum atomic E-state index is -1.03. The monoisotopic (exact) mass is 474 g/mol. The number of carbonyl (C=O) groups is 2. The quantitative estimate of drug-likeness (QED) is 0.308. The minimum absolute atomic E-state index is 0. The molecule has 0 bridgehead atoms. The van der Waals surface area contributed by atoms with Gasteiger partial charge in [-0.15, -0.1) is 0 Å². The molecule has 0 aliphatic carbocycles. The molecule has 2 N–H and O–H groups in total. The molecule has 3 rings (SSSR count). The number of rotatable bonds is 12. The second-order valence-corrected chi connectivity index (χ2v) is 8.71. The molecule has 1 atom stereocenters. The van der Waals surface area contributed by atoms with Crippen molar-refractivity contribution < 1.29 is 42.7 Å². The number of nitrogens with one attached hydrogen (secondary N) is 1. The van der Waals surface area contributed by atoms with Crippen LogP contribution in [-0.2, 0) is 22.6 Å². The van der Waals surface area contributed by atoms with E-state index in [4.69, 9.17) is 9.15 Å². The summed E-state index contributed by atoms with van der Waals surface area (Å²) in [6.45, 7) is 2.90. The maximum Gasteiger partial charge on any atom is 1.00 e. The van der Waals surface area contributed by atoms with Gasteiger partial charge in [0.15, 0.2) is 0 Å². The number of thioether (sulfide) groups is 1. The molecule has 0 aliphatic rings. The Hall–Kier alpha value is -2.43. The van der Waals surface area contributed by atoms with E-state index in [0.717, 1.165) is 28.0 Å². The fourth-order valence-electron chi connectivity index (χ4n) is 3.52. The van der Waals surface area contributed by atoms with Gasteiger partial charge in [-0.2, -0.15) is 11.8 Å². The van der Waals surface area contributed by atoms with Crippen LogP contribution in [-0.4, -0.2) is 41.6 Å². The van der Waals surface area contributed by atoms with Crippen LogP contribution in [0.3, 0.4) is 0 Å². The summed E-state index contributed by atoms with van der Waals surface area (Å²) >= 11 is 1.55. The Morgan fingerprint density at radius 3 is 2.59 bits per heavy atom. The van der Waals surface area contributed by atoms with Crippen molar-refractivity contribution in [3.05, 3.63) is 83.3 Å². The Balaban J connectivity index is 0.00000408. The van der Waals surface area contributed by atoms with E-state index >= 15 is 0 Å². The number of furan rings is 1. The van der Waals surface area contributed by atoms with Crippen LogP contribution in [0.4, 0.5) is 0 Å². The topological polar surface area (TPSA) is 88.8 Å². The summed E-state index contributed by atoms with van der Waals surface area (Å²) in [4.78, 5) is 24.7. The van der Waals surface area contributed by atoms with Crippen molar-refractivity contribution in [1.29, 1.82) is 0 Å². The summed E-state index contributed by atoms with van der Waals surface area (Å²) in [5.41, 5.74) is 4.09. The van der Waals surface area contributed by atoms with Gasteiger partial charge in [-0.05, 0) is 71.9 Å². The molecule has 0 fully saturated rings. The molecule has 1 unspecified atom stereocenters. The number of amides is 1. The molecule has 0 spiro atoms. The average molecular weight is 475 g/mol. The predicted molar refractivity (Wildman–Crippen MR) is 131 cm³/mol. The normalized spacial score (nSPS) is 11.5. The number of benzene rings is 2. The molecule has 174 valence electrons. The van der Waals surface area contributed by atoms with Gasteiger partial charge in [-0.25, -0.2) is 4.79 Å². The first kappa shape index (κ1) is 27.8. The summed E-state index contributed by atoms with van der Waals surface area (Å²) < 4.78 is 11.1. The van der Waals surface area contributed by atoms with Crippen molar-refractivity contribution in [3.8, 4) is 11.1 Å². The second kappa shape index (κ2) is 14.1. The number of aryl methyl sites for hydroxylation is 1. The summed E-state index contributed by atoms with van der Waals surface area (Å²) in [7, 11) is 0. The Morgan fingerprint density at radius 1 is 1.12 bits per heavy atom. The van der Waals surface area contributed by atoms with E-state index in [-0.39, 0.29) is 18.9 Å². The van der Waals surface area contributed by atoms with E-state index in [1.54, 1.807) is 24.1 Å². The van der Waals surface area contributed by atoms with Gasteiger partial charge in [0.25, 0.3) is 5.91 Å². The maximum absolute atomic E-state index is 13.1. The van der Waals surface area contributed by atoms with Crippen LogP contribution in [0.5, 0.6) is 0 Å². The molecule has 0 saturated heterocycles. The van der Waals surface area contributed by atoms with Gasteiger partial charge in [0.05, 0.1) is 19.5 Å². The van der Waals surface area contributed by atoms with Crippen molar-refractivity contribution in [2.24, 2.45) is 0 Å². The first-order valence-corrected chi connectivity index (χ1v) is 12.2. The standard InChI is InChI=1S/C26H29NO5S.Li/c1-18-6-3-4-8-21(18)23-16-19(17-31-14-11-20-7-5-13-32-20)9-10-22(23)25(28)27-24(26(29)30)12-15-33-2;/h3-10,13,16,24H,11-12,14-15,17H2,1-2H3,(H,27,28)(H,29,30);/q;+1. The molecule has 34 heavy (non-hydrogen) atoms. The van der Waals surface area contributed by atoms with Gasteiger partial charge in [-0.3, -0.25) is 4.79 Å². The zero-order valence-electron chi connectivity index (χ0n) is 19.9. The number of ether oxygens (including phenoxy) is 1. The number of carboxylic acid groups (broad SMARTS) is 1. The zero-order valence-corrected chi connectivity index (χ0v) is 20.7. The molecule has 1 aromatic heterocycles. The number of hydrogen-bond acceptors (Lipinski definition) is 5. The van der Waals surface area contributed by atoms with E-state index in [0.29, 0.717) is 37.4 Å². The molecular formula is C26H29LiNO5S+. The molecule has 8 heteroatoms. The molecule has 0 aliphatic heterocycles. The van der Waals surface area contributed by atoms with Crippen LogP contribution in [0, 0.1) is 6.92 Å². The van der Waals surface area contributed by atoms with Crippen LogP contribution in [0.25, 0.3) is 11.1 Å². The van der Waals surface area contributed by atoms with E-state index < -0.39 is 17.9 Å². The third-order valence-electron chi connectivity index (χ3n) is 5.32. The third-order valence-corrected chi connectivity index (χ3v) is 5.96. The maximum atomic E-state index is 13.1. The zero-order chi connectivity index (χ0) is 23.6. The summed E-state index contributed by atoms with van der Waals surface area (Å²) in [6, 6.07) is 16.2. The van der Waals surface area contributed by atoms with Crippen molar-refractivity contribution >= 4 is 23.6 Å². The Morgan fingerprint density at radius 2 is 1.91 bits per heavy atom. The van der Waals surface area contributed by atoms with Crippen molar-refractivity contribution in [3.63, 3.8) is 0 Å². The average Bonchev–Trinajstić information content (AvgIpc) is 3.33. The molecule has 0 saturated carbocycles. The van der Waals surface area contributed by atoms with E-state index in [2.05, 4.69) is 5.32 Å². The van der Waals surface area contributed by atoms with Crippen LogP contribution < -0.4 is 24.2 Å². The second-order valence-electron chi connectivity index (χ2n) is 7.72. The third kappa shape index (κ3) is 7.81. The first-order valence-electron chi connectivity index (χ1n) is 10.8. The molecule has 0 radical (unpaired) electrons. The molecule has 2 aromatic carbocycles. The fourth-order valence-corrected chi connectivity index (χ4v) is 4.00. The van der Waals surface area contributed by atoms with Crippen LogP contribution in [0.15, 0.2) is 65.3 Å². The van der Waals surface area contributed by atoms with Gasteiger partial charge in [-0.1, -0.05) is 30.3 Å². The van der Waals surface area contributed by atoms with Crippen LogP contribution in [0.1, 0.15) is 33.7 Å². The van der Waals surface area contributed by atoms with E-state index in [1.807, 2.05) is 61.7 Å². The molecular weight excluding hydrogens is 445 g/mol. The minimum Gasteiger partial charge on any atom is -0.480 e. The first-order chi connectivity index (χ1) is 16.0. The summed E-state index contributed by atoms with van der Waals surface area (Å²) in [6.07, 6.45) is 4.60. The Bertz CT molecular complexity index is 1070. The van der Waals surface area contributed by atoms with Crippen LogP contribution >= 0.6 is 11.8 Å². The predicted octanol–water partition coefficient (Wildman–Crippen LogP) is 1.95. The molecule has 3 aromatic rings. The van der Waals surface area contributed by atoms with Gasteiger partial charge < -0.3 is 19.6 Å². The van der Waals surface area contributed by atoms with E-state index in [1.165, 1.54) is 0 Å². The smallest absolute Gasteiger partial charge is 0.480 e. The van der Waals surface area contributed by atoms with Gasteiger partial charge in [0, 0.05) is 12.0 Å². The van der Waals surface area contributed by atoms with Gasteiger partial charge >= 0.3 is 24.8 Å².